The van der Waals surface area contributed by atoms with E-state index in [1.807, 2.05) is 24.3 Å². The highest BCUT2D eigenvalue weighted by Gasteiger charge is 2.44. The first-order chi connectivity index (χ1) is 20.7. The number of nitrogens with zero attached hydrogens (tertiary/aromatic N) is 2. The molecule has 2 aromatic carbocycles. The van der Waals surface area contributed by atoms with Crippen LogP contribution in [0.5, 0.6) is 5.75 Å². The molecule has 230 valence electrons. The first-order valence-corrected chi connectivity index (χ1v) is 17.8. The smallest absolute Gasteiger partial charge is 0.285 e. The number of rotatable bonds is 3. The average Bonchev–Trinajstić information content (AvgIpc) is 3.11. The SMILES string of the molecule is CCC(=O)C[S@@]1(=O)=NC(=O)c2ccc3c(c2)N(C[C@@H]2CC[C@H]2[C@@H](O)/C=C/CCC1)C[C@@]1(CCCc2cc(C)ccc21)CO3. The highest BCUT2D eigenvalue weighted by atomic mass is 32.2. The van der Waals surface area contributed by atoms with E-state index in [9.17, 15) is 18.9 Å². The molecule has 1 amide bonds. The largest absolute Gasteiger partial charge is 0.490 e. The van der Waals surface area contributed by atoms with Crippen LogP contribution in [0.15, 0.2) is 52.9 Å². The van der Waals surface area contributed by atoms with Crippen molar-refractivity contribution in [2.45, 2.75) is 76.7 Å². The standard InChI is InChI=1S/C35H44N2O5S/c1-3-28(38)21-43(41)17-6-4-5-9-32(39)29-13-11-27(29)20-37-22-35(16-7-8-25-18-24(2)10-14-30(25)35)23-42-33-15-12-26(19-31(33)37)34(40)36-43/h5,9-10,12,14-15,18-19,27,29,32,39H,3-4,6-8,11,13,16-17,20-23H2,1-2H3/b9-5+/t27-,29+,32-,35-,43+/m0/s1. The topological polar surface area (TPSA) is 96.3 Å². The van der Waals surface area contributed by atoms with Gasteiger partial charge in [0.05, 0.1) is 33.9 Å². The van der Waals surface area contributed by atoms with E-state index in [0.29, 0.717) is 30.9 Å². The highest BCUT2D eigenvalue weighted by molar-refractivity contribution is 7.94. The minimum absolute atomic E-state index is 0.160. The fourth-order valence-electron chi connectivity index (χ4n) is 7.47. The number of amides is 1. The molecule has 6 rings (SSSR count). The minimum Gasteiger partial charge on any atom is -0.490 e. The molecule has 1 fully saturated rings. The number of aliphatic hydroxyl groups excluding tert-OH is 1. The molecule has 2 aliphatic carbocycles. The molecule has 0 aromatic heterocycles. The van der Waals surface area contributed by atoms with E-state index < -0.39 is 21.7 Å². The molecular weight excluding hydrogens is 560 g/mol. The summed E-state index contributed by atoms with van der Waals surface area (Å²) in [5.74, 6) is 0.457. The summed E-state index contributed by atoms with van der Waals surface area (Å²) < 4.78 is 24.7. The number of allylic oxidation sites excluding steroid dienone is 1. The van der Waals surface area contributed by atoms with Crippen LogP contribution >= 0.6 is 0 Å². The van der Waals surface area contributed by atoms with Crippen LogP contribution in [0, 0.1) is 18.8 Å². The summed E-state index contributed by atoms with van der Waals surface area (Å²) in [6, 6.07) is 12.2. The Bertz CT molecular complexity index is 1560. The minimum atomic E-state index is -3.07. The number of carbonyl (C=O) groups is 2. The predicted octanol–water partition coefficient (Wildman–Crippen LogP) is 5.79. The van der Waals surface area contributed by atoms with Gasteiger partial charge in [0.25, 0.3) is 5.91 Å². The molecule has 8 heteroatoms. The monoisotopic (exact) mass is 604 g/mol. The maximum atomic E-state index is 13.8. The highest BCUT2D eigenvalue weighted by Crippen LogP contribution is 2.46. The van der Waals surface area contributed by atoms with E-state index >= 15 is 0 Å². The van der Waals surface area contributed by atoms with Crippen molar-refractivity contribution in [1.82, 2.24) is 0 Å². The molecule has 2 heterocycles. The van der Waals surface area contributed by atoms with Crippen LogP contribution in [0.4, 0.5) is 5.69 Å². The normalized spacial score (nSPS) is 31.5. The summed E-state index contributed by atoms with van der Waals surface area (Å²) in [7, 11) is -3.07. The lowest BCUT2D eigenvalue weighted by atomic mass is 9.68. The Kier molecular flexibility index (Phi) is 8.53. The van der Waals surface area contributed by atoms with Crippen molar-refractivity contribution in [1.29, 1.82) is 0 Å². The molecule has 43 heavy (non-hydrogen) atoms. The van der Waals surface area contributed by atoms with Gasteiger partial charge in [-0.3, -0.25) is 9.59 Å². The second-order valence-electron chi connectivity index (χ2n) is 13.1. The lowest BCUT2D eigenvalue weighted by Gasteiger charge is -2.45. The number of hydrogen-bond donors (Lipinski definition) is 1. The van der Waals surface area contributed by atoms with Crippen molar-refractivity contribution in [3.05, 3.63) is 70.8 Å². The van der Waals surface area contributed by atoms with E-state index in [1.165, 1.54) is 16.7 Å². The van der Waals surface area contributed by atoms with Gasteiger partial charge in [-0.25, -0.2) is 4.21 Å². The van der Waals surface area contributed by atoms with Crippen molar-refractivity contribution >= 4 is 27.1 Å². The molecule has 0 saturated heterocycles. The van der Waals surface area contributed by atoms with Crippen molar-refractivity contribution in [3.8, 4) is 5.75 Å². The third-order valence-corrected chi connectivity index (χ3v) is 12.2. The molecule has 0 radical (unpaired) electrons. The first-order valence-electron chi connectivity index (χ1n) is 15.9. The van der Waals surface area contributed by atoms with E-state index in [-0.39, 0.29) is 35.0 Å². The third kappa shape index (κ3) is 6.18. The zero-order valence-corrected chi connectivity index (χ0v) is 26.2. The lowest BCUT2D eigenvalue weighted by molar-refractivity contribution is -0.116. The first kappa shape index (κ1) is 30.1. The molecule has 5 atom stereocenters. The van der Waals surface area contributed by atoms with Crippen LogP contribution in [-0.4, -0.2) is 58.3 Å². The van der Waals surface area contributed by atoms with Gasteiger partial charge in [-0.05, 0) is 93.0 Å². The Hall–Kier alpha value is -2.97. The number of fused-ring (bicyclic) bond motifs is 4. The Morgan fingerprint density at radius 2 is 2.05 bits per heavy atom. The maximum Gasteiger partial charge on any atom is 0.285 e. The zero-order valence-electron chi connectivity index (χ0n) is 25.4. The average molecular weight is 605 g/mol. The van der Waals surface area contributed by atoms with Crippen molar-refractivity contribution in [2.75, 3.05) is 36.1 Å². The Labute approximate surface area is 255 Å². The number of ether oxygens (including phenoxy) is 1. The number of aliphatic hydroxyl groups is 1. The van der Waals surface area contributed by atoms with Gasteiger partial charge < -0.3 is 14.7 Å². The van der Waals surface area contributed by atoms with Crippen LogP contribution in [0.2, 0.25) is 0 Å². The maximum absolute atomic E-state index is 13.8. The quantitative estimate of drug-likeness (QED) is 0.446. The number of anilines is 1. The Balaban J connectivity index is 1.43. The molecule has 2 aliphatic heterocycles. The predicted molar refractivity (Wildman–Crippen MR) is 170 cm³/mol. The summed E-state index contributed by atoms with van der Waals surface area (Å²) in [6.45, 7) is 5.94. The molecule has 2 bridgehead atoms. The molecule has 7 nitrogen and oxygen atoms in total. The van der Waals surface area contributed by atoms with E-state index in [1.54, 1.807) is 13.0 Å². The number of aryl methyl sites for hydroxylation is 2. The van der Waals surface area contributed by atoms with Gasteiger partial charge in [0.2, 0.25) is 0 Å². The van der Waals surface area contributed by atoms with Crippen molar-refractivity contribution in [2.24, 2.45) is 16.2 Å². The fraction of sp³-hybridized carbons (Fsp3) is 0.543. The van der Waals surface area contributed by atoms with Gasteiger partial charge >= 0.3 is 0 Å². The number of ketones is 1. The fourth-order valence-corrected chi connectivity index (χ4v) is 9.51. The van der Waals surface area contributed by atoms with Gasteiger partial charge in [-0.2, -0.15) is 4.36 Å². The molecule has 1 N–H and O–H groups in total. The number of carbonyl (C=O) groups excluding carboxylic acids is 2. The van der Waals surface area contributed by atoms with E-state index in [4.69, 9.17) is 4.74 Å². The van der Waals surface area contributed by atoms with Crippen LogP contribution in [0.25, 0.3) is 0 Å². The number of benzene rings is 2. The van der Waals surface area contributed by atoms with Crippen LogP contribution in [-0.2, 0) is 26.4 Å². The molecule has 1 spiro atoms. The van der Waals surface area contributed by atoms with Gasteiger partial charge in [-0.1, -0.05) is 42.8 Å². The van der Waals surface area contributed by atoms with E-state index in [2.05, 4.69) is 34.4 Å². The van der Waals surface area contributed by atoms with Gasteiger partial charge in [0.15, 0.2) is 0 Å². The Morgan fingerprint density at radius 3 is 2.84 bits per heavy atom. The van der Waals surface area contributed by atoms with Crippen LogP contribution in [0.3, 0.4) is 0 Å². The second-order valence-corrected chi connectivity index (χ2v) is 15.5. The van der Waals surface area contributed by atoms with Gasteiger partial charge in [-0.15, -0.1) is 0 Å². The summed E-state index contributed by atoms with van der Waals surface area (Å²) in [5, 5.41) is 11.1. The van der Waals surface area contributed by atoms with Crippen molar-refractivity contribution in [3.63, 3.8) is 0 Å². The third-order valence-electron chi connectivity index (χ3n) is 10.0. The van der Waals surface area contributed by atoms with Crippen LogP contribution < -0.4 is 9.64 Å². The molecule has 1 saturated carbocycles. The summed E-state index contributed by atoms with van der Waals surface area (Å²) in [4.78, 5) is 28.3. The molecular formula is C35H44N2O5S. The zero-order chi connectivity index (χ0) is 30.2. The molecule has 2 aromatic rings. The number of Topliss-reactive ketones (excluding diaryl/α,β-unsaturated/α-hetero) is 1. The number of hydrogen-bond acceptors (Lipinski definition) is 6. The second kappa shape index (κ2) is 12.2. The van der Waals surface area contributed by atoms with Crippen LogP contribution in [0.1, 0.15) is 78.9 Å². The molecule has 4 aliphatic rings. The summed E-state index contributed by atoms with van der Waals surface area (Å²) >= 11 is 0. The Morgan fingerprint density at radius 1 is 1.19 bits per heavy atom. The van der Waals surface area contributed by atoms with Gasteiger partial charge in [0.1, 0.15) is 11.5 Å². The lowest BCUT2D eigenvalue weighted by Crippen LogP contribution is -2.49. The summed E-state index contributed by atoms with van der Waals surface area (Å²) in [5.41, 5.74) is 5.02. The van der Waals surface area contributed by atoms with E-state index in [0.717, 1.165) is 56.6 Å². The van der Waals surface area contributed by atoms with Crippen molar-refractivity contribution < 1.29 is 23.6 Å². The molecule has 0 unspecified atom stereocenters. The summed E-state index contributed by atoms with van der Waals surface area (Å²) in [6.07, 6.45) is 9.88. The van der Waals surface area contributed by atoms with Gasteiger partial charge in [0, 0.05) is 36.2 Å².